The van der Waals surface area contributed by atoms with Crippen LogP contribution in [0.25, 0.3) is 12.2 Å². The molecule has 8 nitrogen and oxygen atoms in total. The number of nitrogens with one attached hydrogen (secondary N) is 4. The van der Waals surface area contributed by atoms with E-state index >= 15 is 0 Å². The molecule has 0 radical (unpaired) electrons. The Hall–Kier alpha value is -3.42. The Morgan fingerprint density at radius 3 is 1.62 bits per heavy atom. The highest BCUT2D eigenvalue weighted by Gasteiger charge is 2.06. The predicted molar refractivity (Wildman–Crippen MR) is 93.9 cm³/mol. The molecule has 0 unspecified atom stereocenters. The number of nitrogens with two attached hydrogens (primary N) is 2. The molecule has 8 heteroatoms. The third kappa shape index (κ3) is 6.14. The number of amides is 2. The van der Waals surface area contributed by atoms with Crippen molar-refractivity contribution in [3.8, 4) is 0 Å². The van der Waals surface area contributed by atoms with Crippen LogP contribution in [0.15, 0.2) is 35.4 Å². The average molecular weight is 328 g/mol. The molecular weight excluding hydrogens is 308 g/mol. The molecule has 0 aliphatic carbocycles. The molecule has 0 fully saturated rings. The number of guanidine groups is 2. The SMILES string of the molecule is C/C(=C\c1cccc(/C=C(\C)C(=O)NC(=N)N)c1)C(=O)NC(=N)N. The van der Waals surface area contributed by atoms with Crippen LogP contribution in [0.4, 0.5) is 0 Å². The van der Waals surface area contributed by atoms with Crippen molar-refractivity contribution in [3.05, 3.63) is 46.5 Å². The lowest BCUT2D eigenvalue weighted by Gasteiger charge is -2.05. The summed E-state index contributed by atoms with van der Waals surface area (Å²) in [7, 11) is 0. The molecule has 0 spiro atoms. The molecule has 0 aliphatic heterocycles. The third-order valence-electron chi connectivity index (χ3n) is 2.89. The van der Waals surface area contributed by atoms with E-state index < -0.39 is 23.7 Å². The van der Waals surface area contributed by atoms with Gasteiger partial charge in [-0.25, -0.2) is 0 Å². The van der Waals surface area contributed by atoms with Crippen LogP contribution in [0.3, 0.4) is 0 Å². The van der Waals surface area contributed by atoms with Crippen molar-refractivity contribution in [2.24, 2.45) is 11.5 Å². The van der Waals surface area contributed by atoms with Gasteiger partial charge in [0.25, 0.3) is 11.8 Å². The lowest BCUT2D eigenvalue weighted by atomic mass is 10.1. The fraction of sp³-hybridized carbons (Fsp3) is 0.125. The minimum Gasteiger partial charge on any atom is -0.370 e. The van der Waals surface area contributed by atoms with Crippen molar-refractivity contribution < 1.29 is 9.59 Å². The maximum atomic E-state index is 11.7. The van der Waals surface area contributed by atoms with Gasteiger partial charge in [0, 0.05) is 11.1 Å². The van der Waals surface area contributed by atoms with Crippen LogP contribution in [0.1, 0.15) is 25.0 Å². The first-order valence-electron chi connectivity index (χ1n) is 6.96. The largest absolute Gasteiger partial charge is 0.370 e. The van der Waals surface area contributed by atoms with Gasteiger partial charge in [0.1, 0.15) is 0 Å². The molecule has 1 aromatic rings. The Balaban J connectivity index is 2.98. The van der Waals surface area contributed by atoms with Crippen LogP contribution in [-0.2, 0) is 9.59 Å². The van der Waals surface area contributed by atoms with Crippen molar-refractivity contribution in [1.29, 1.82) is 10.8 Å². The maximum absolute atomic E-state index is 11.7. The van der Waals surface area contributed by atoms with Crippen LogP contribution in [0.5, 0.6) is 0 Å². The second kappa shape index (κ2) is 8.28. The Labute approximate surface area is 139 Å². The van der Waals surface area contributed by atoms with E-state index in [4.69, 9.17) is 22.3 Å². The van der Waals surface area contributed by atoms with Gasteiger partial charge < -0.3 is 11.5 Å². The lowest BCUT2D eigenvalue weighted by molar-refractivity contribution is -0.116. The number of carbonyl (C=O) groups excluding carboxylic acids is 2. The fourth-order valence-electron chi connectivity index (χ4n) is 1.81. The quantitative estimate of drug-likeness (QED) is 0.270. The molecule has 0 heterocycles. The minimum atomic E-state index is -0.458. The van der Waals surface area contributed by atoms with Gasteiger partial charge in [-0.3, -0.25) is 31.0 Å². The standard InChI is InChI=1S/C16H20N6O2/c1-9(13(23)21-15(17)18)6-11-4-3-5-12(8-11)7-10(2)14(24)22-16(19)20/h3-8H,1-2H3,(H4,17,18,21,23)(H4,19,20,22,24)/b9-6+,10-7+. The van der Waals surface area contributed by atoms with Crippen molar-refractivity contribution in [2.75, 3.05) is 0 Å². The molecule has 0 atom stereocenters. The molecule has 0 aliphatic rings. The first-order chi connectivity index (χ1) is 11.2. The van der Waals surface area contributed by atoms with E-state index in [2.05, 4.69) is 10.6 Å². The van der Waals surface area contributed by atoms with Gasteiger partial charge in [0.2, 0.25) is 0 Å². The smallest absolute Gasteiger partial charge is 0.253 e. The van der Waals surface area contributed by atoms with E-state index in [1.54, 1.807) is 50.3 Å². The zero-order valence-corrected chi connectivity index (χ0v) is 13.4. The van der Waals surface area contributed by atoms with E-state index in [9.17, 15) is 9.59 Å². The van der Waals surface area contributed by atoms with Gasteiger partial charge in [-0.05, 0) is 43.2 Å². The lowest BCUT2D eigenvalue weighted by Crippen LogP contribution is -2.36. The summed E-state index contributed by atoms with van der Waals surface area (Å²) < 4.78 is 0. The van der Waals surface area contributed by atoms with Gasteiger partial charge in [-0.1, -0.05) is 18.2 Å². The minimum absolute atomic E-state index is 0.386. The van der Waals surface area contributed by atoms with Crippen LogP contribution in [-0.4, -0.2) is 23.7 Å². The number of benzene rings is 1. The molecule has 0 saturated carbocycles. The predicted octanol–water partition coefficient (Wildman–Crippen LogP) is 0.513. The summed E-state index contributed by atoms with van der Waals surface area (Å²) in [6, 6.07) is 7.17. The second-order valence-electron chi connectivity index (χ2n) is 5.06. The molecule has 2 amide bonds. The van der Waals surface area contributed by atoms with Crippen LogP contribution < -0.4 is 22.1 Å². The molecule has 8 N–H and O–H groups in total. The van der Waals surface area contributed by atoms with E-state index in [0.29, 0.717) is 11.1 Å². The molecule has 0 bridgehead atoms. The molecule has 1 rings (SSSR count). The van der Waals surface area contributed by atoms with Crippen molar-refractivity contribution >= 4 is 35.9 Å². The summed E-state index contributed by atoms with van der Waals surface area (Å²) in [6.45, 7) is 3.21. The van der Waals surface area contributed by atoms with Crippen molar-refractivity contribution in [3.63, 3.8) is 0 Å². The van der Waals surface area contributed by atoms with Gasteiger partial charge in [0.15, 0.2) is 11.9 Å². The highest BCUT2D eigenvalue weighted by Crippen LogP contribution is 2.13. The normalized spacial score (nSPS) is 11.6. The van der Waals surface area contributed by atoms with Crippen LogP contribution in [0, 0.1) is 10.8 Å². The maximum Gasteiger partial charge on any atom is 0.253 e. The highest BCUT2D eigenvalue weighted by atomic mass is 16.2. The van der Waals surface area contributed by atoms with E-state index in [1.807, 2.05) is 0 Å². The first kappa shape index (κ1) is 18.6. The average Bonchev–Trinajstić information content (AvgIpc) is 2.46. The van der Waals surface area contributed by atoms with Crippen molar-refractivity contribution in [1.82, 2.24) is 10.6 Å². The Morgan fingerprint density at radius 1 is 0.917 bits per heavy atom. The molecular formula is C16H20N6O2. The summed E-state index contributed by atoms with van der Waals surface area (Å²) in [4.78, 5) is 23.4. The number of rotatable bonds is 4. The Bertz CT molecular complexity index is 689. The van der Waals surface area contributed by atoms with Crippen molar-refractivity contribution in [2.45, 2.75) is 13.8 Å². The van der Waals surface area contributed by atoms with E-state index in [-0.39, 0.29) is 0 Å². The number of carbonyl (C=O) groups is 2. The summed E-state index contributed by atoms with van der Waals surface area (Å²) in [5.74, 6) is -1.76. The van der Waals surface area contributed by atoms with Crippen LogP contribution in [0.2, 0.25) is 0 Å². The molecule has 126 valence electrons. The highest BCUT2D eigenvalue weighted by molar-refractivity contribution is 6.07. The van der Waals surface area contributed by atoms with Gasteiger partial charge in [-0.15, -0.1) is 0 Å². The van der Waals surface area contributed by atoms with Crippen LogP contribution >= 0.6 is 0 Å². The number of hydrogen-bond donors (Lipinski definition) is 6. The molecule has 1 aromatic carbocycles. The fourth-order valence-corrected chi connectivity index (χ4v) is 1.81. The molecule has 24 heavy (non-hydrogen) atoms. The molecule has 0 aromatic heterocycles. The summed E-state index contributed by atoms with van der Waals surface area (Å²) >= 11 is 0. The zero-order chi connectivity index (χ0) is 18.3. The summed E-state index contributed by atoms with van der Waals surface area (Å²) in [5.41, 5.74) is 12.5. The second-order valence-corrected chi connectivity index (χ2v) is 5.06. The van der Waals surface area contributed by atoms with Gasteiger partial charge in [-0.2, -0.15) is 0 Å². The van der Waals surface area contributed by atoms with E-state index in [1.165, 1.54) is 0 Å². The summed E-state index contributed by atoms with van der Waals surface area (Å²) in [5, 5.41) is 18.5. The summed E-state index contributed by atoms with van der Waals surface area (Å²) in [6.07, 6.45) is 3.28. The Kier molecular flexibility index (Phi) is 6.42. The number of hydrogen-bond acceptors (Lipinski definition) is 4. The third-order valence-corrected chi connectivity index (χ3v) is 2.89. The monoisotopic (exact) mass is 328 g/mol. The van der Waals surface area contributed by atoms with Gasteiger partial charge in [0.05, 0.1) is 0 Å². The first-order valence-corrected chi connectivity index (χ1v) is 6.96. The Morgan fingerprint density at radius 2 is 1.29 bits per heavy atom. The topological polar surface area (TPSA) is 158 Å². The molecule has 0 saturated heterocycles. The van der Waals surface area contributed by atoms with Gasteiger partial charge >= 0.3 is 0 Å². The zero-order valence-electron chi connectivity index (χ0n) is 13.4. The van der Waals surface area contributed by atoms with E-state index in [0.717, 1.165) is 11.1 Å².